The lowest BCUT2D eigenvalue weighted by molar-refractivity contribution is -0.131. The molecule has 0 aliphatic heterocycles. The first-order valence-electron chi connectivity index (χ1n) is 6.03. The van der Waals surface area contributed by atoms with Gasteiger partial charge in [-0.1, -0.05) is 0 Å². The Balaban J connectivity index is 2.17. The zero-order chi connectivity index (χ0) is 12.9. The minimum absolute atomic E-state index is 0.0909. The van der Waals surface area contributed by atoms with Crippen LogP contribution < -0.4 is 5.32 Å². The largest absolute Gasteiger partial charge is 0.377 e. The van der Waals surface area contributed by atoms with Crippen molar-refractivity contribution in [1.82, 2.24) is 5.32 Å². The average molecular weight is 265 g/mol. The van der Waals surface area contributed by atoms with Crippen LogP contribution in [0.4, 0.5) is 0 Å². The Hall–Kier alpha value is -0.170. The molecule has 0 aromatic rings. The van der Waals surface area contributed by atoms with Crippen molar-refractivity contribution in [3.63, 3.8) is 0 Å². The summed E-state index contributed by atoms with van der Waals surface area (Å²) in [5.41, 5.74) is 0. The molecule has 17 heavy (non-hydrogen) atoms. The first-order chi connectivity index (χ1) is 7.98. The van der Waals surface area contributed by atoms with E-state index in [-0.39, 0.29) is 24.0 Å². The third kappa shape index (κ3) is 4.91. The van der Waals surface area contributed by atoms with Gasteiger partial charge in [-0.05, 0) is 26.3 Å². The highest BCUT2D eigenvalue weighted by molar-refractivity contribution is 7.90. The van der Waals surface area contributed by atoms with Crippen LogP contribution in [0.15, 0.2) is 0 Å². The molecular weight excluding hydrogens is 242 g/mol. The fourth-order valence-corrected chi connectivity index (χ4v) is 2.76. The number of hydrogen-bond donors (Lipinski definition) is 1. The van der Waals surface area contributed by atoms with E-state index in [1.54, 1.807) is 7.11 Å². The van der Waals surface area contributed by atoms with Gasteiger partial charge in [-0.25, -0.2) is 8.42 Å². The highest BCUT2D eigenvalue weighted by Gasteiger charge is 2.41. The van der Waals surface area contributed by atoms with E-state index in [0.717, 1.165) is 6.42 Å². The Morgan fingerprint density at radius 2 is 2.12 bits per heavy atom. The summed E-state index contributed by atoms with van der Waals surface area (Å²) in [6, 6.07) is 0.288. The van der Waals surface area contributed by atoms with E-state index in [0.29, 0.717) is 19.6 Å². The topological polar surface area (TPSA) is 64.6 Å². The van der Waals surface area contributed by atoms with Gasteiger partial charge in [0.1, 0.15) is 9.84 Å². The van der Waals surface area contributed by atoms with Crippen LogP contribution in [0.5, 0.6) is 0 Å². The van der Waals surface area contributed by atoms with Gasteiger partial charge in [-0.3, -0.25) is 0 Å². The number of nitrogens with one attached hydrogen (secondary N) is 1. The van der Waals surface area contributed by atoms with E-state index in [9.17, 15) is 8.42 Å². The van der Waals surface area contributed by atoms with Gasteiger partial charge in [-0.2, -0.15) is 0 Å². The van der Waals surface area contributed by atoms with Crippen LogP contribution >= 0.6 is 0 Å². The van der Waals surface area contributed by atoms with Crippen LogP contribution in [0, 0.1) is 0 Å². The monoisotopic (exact) mass is 265 g/mol. The predicted molar refractivity (Wildman–Crippen MR) is 66.9 cm³/mol. The molecule has 0 radical (unpaired) electrons. The summed E-state index contributed by atoms with van der Waals surface area (Å²) in [6.07, 6.45) is 3.11. The van der Waals surface area contributed by atoms with Gasteiger partial charge in [-0.15, -0.1) is 0 Å². The molecule has 0 saturated heterocycles. The maximum absolute atomic E-state index is 10.9. The Labute approximate surface area is 104 Å². The Morgan fingerprint density at radius 3 is 2.65 bits per heavy atom. The molecule has 1 aliphatic carbocycles. The van der Waals surface area contributed by atoms with Crippen LogP contribution in [-0.2, 0) is 19.3 Å². The van der Waals surface area contributed by atoms with Crippen LogP contribution in [0.2, 0.25) is 0 Å². The standard InChI is InChI=1S/C11H23NO4S/c1-4-16-10-8-9(11(10)15-2)12-6-5-7-17(3,13)14/h9-12H,4-8H2,1-3H3. The van der Waals surface area contributed by atoms with Crippen molar-refractivity contribution in [3.8, 4) is 0 Å². The number of hydrogen-bond acceptors (Lipinski definition) is 5. The van der Waals surface area contributed by atoms with E-state index >= 15 is 0 Å². The van der Waals surface area contributed by atoms with Crippen LogP contribution in [0.1, 0.15) is 19.8 Å². The van der Waals surface area contributed by atoms with E-state index in [1.165, 1.54) is 6.26 Å². The van der Waals surface area contributed by atoms with Crippen LogP contribution in [-0.4, -0.2) is 58.9 Å². The highest BCUT2D eigenvalue weighted by atomic mass is 32.2. The van der Waals surface area contributed by atoms with E-state index < -0.39 is 9.84 Å². The van der Waals surface area contributed by atoms with Crippen LogP contribution in [0.25, 0.3) is 0 Å². The quantitative estimate of drug-likeness (QED) is 0.635. The molecule has 0 bridgehead atoms. The molecule has 1 fully saturated rings. The Kier molecular flexibility index (Phi) is 5.85. The van der Waals surface area contributed by atoms with Gasteiger partial charge in [0, 0.05) is 26.0 Å². The van der Waals surface area contributed by atoms with Crippen molar-refractivity contribution in [2.75, 3.05) is 32.3 Å². The van der Waals surface area contributed by atoms with Crippen molar-refractivity contribution in [2.45, 2.75) is 38.0 Å². The summed E-state index contributed by atoms with van der Waals surface area (Å²) in [7, 11) is -1.16. The molecule has 1 rings (SSSR count). The number of ether oxygens (including phenoxy) is 2. The summed E-state index contributed by atoms with van der Waals surface area (Å²) < 4.78 is 32.8. The molecule has 3 unspecified atom stereocenters. The number of sulfone groups is 1. The molecule has 1 saturated carbocycles. The summed E-state index contributed by atoms with van der Waals surface area (Å²) in [6.45, 7) is 3.38. The Bertz CT molecular complexity index is 317. The zero-order valence-electron chi connectivity index (χ0n) is 10.8. The summed E-state index contributed by atoms with van der Waals surface area (Å²) >= 11 is 0. The first kappa shape index (κ1) is 14.9. The fraction of sp³-hybridized carbons (Fsp3) is 1.00. The van der Waals surface area contributed by atoms with E-state index in [2.05, 4.69) is 5.32 Å². The zero-order valence-corrected chi connectivity index (χ0v) is 11.6. The van der Waals surface area contributed by atoms with Crippen molar-refractivity contribution in [2.24, 2.45) is 0 Å². The Morgan fingerprint density at radius 1 is 1.41 bits per heavy atom. The lowest BCUT2D eigenvalue weighted by Crippen LogP contribution is -2.60. The van der Waals surface area contributed by atoms with Crippen molar-refractivity contribution in [3.05, 3.63) is 0 Å². The van der Waals surface area contributed by atoms with Crippen molar-refractivity contribution >= 4 is 9.84 Å². The normalized spacial score (nSPS) is 29.0. The molecule has 0 heterocycles. The van der Waals surface area contributed by atoms with Gasteiger partial charge in [0.2, 0.25) is 0 Å². The van der Waals surface area contributed by atoms with E-state index in [1.807, 2.05) is 6.92 Å². The smallest absolute Gasteiger partial charge is 0.147 e. The molecule has 6 heteroatoms. The number of rotatable bonds is 8. The van der Waals surface area contributed by atoms with Crippen molar-refractivity contribution < 1.29 is 17.9 Å². The minimum atomic E-state index is -2.85. The number of methoxy groups -OCH3 is 1. The summed E-state index contributed by atoms with van der Waals surface area (Å²) in [4.78, 5) is 0. The van der Waals surface area contributed by atoms with Gasteiger partial charge < -0.3 is 14.8 Å². The maximum atomic E-state index is 10.9. The fourth-order valence-electron chi connectivity index (χ4n) is 2.10. The molecule has 1 N–H and O–H groups in total. The molecule has 3 atom stereocenters. The molecule has 0 amide bonds. The second kappa shape index (κ2) is 6.68. The van der Waals surface area contributed by atoms with Crippen LogP contribution in [0.3, 0.4) is 0 Å². The lowest BCUT2D eigenvalue weighted by Gasteiger charge is -2.43. The molecule has 0 spiro atoms. The van der Waals surface area contributed by atoms with Gasteiger partial charge >= 0.3 is 0 Å². The maximum Gasteiger partial charge on any atom is 0.147 e. The predicted octanol–water partition coefficient (Wildman–Crippen LogP) is 0.203. The van der Waals surface area contributed by atoms with Gasteiger partial charge in [0.25, 0.3) is 0 Å². The molecule has 102 valence electrons. The lowest BCUT2D eigenvalue weighted by atomic mass is 9.85. The molecule has 5 nitrogen and oxygen atoms in total. The highest BCUT2D eigenvalue weighted by Crippen LogP contribution is 2.26. The molecule has 0 aromatic heterocycles. The van der Waals surface area contributed by atoms with Gasteiger partial charge in [0.15, 0.2) is 0 Å². The first-order valence-corrected chi connectivity index (χ1v) is 8.09. The summed E-state index contributed by atoms with van der Waals surface area (Å²) in [5, 5.41) is 3.31. The summed E-state index contributed by atoms with van der Waals surface area (Å²) in [5.74, 6) is 0.235. The van der Waals surface area contributed by atoms with Gasteiger partial charge in [0.05, 0.1) is 18.0 Å². The third-order valence-corrected chi connectivity index (χ3v) is 4.03. The van der Waals surface area contributed by atoms with E-state index in [4.69, 9.17) is 9.47 Å². The average Bonchev–Trinajstić information content (AvgIpc) is 2.20. The SMILES string of the molecule is CCOC1CC(NCCCS(C)(=O)=O)C1OC. The molecule has 1 aliphatic rings. The van der Waals surface area contributed by atoms with Crippen molar-refractivity contribution in [1.29, 1.82) is 0 Å². The third-order valence-electron chi connectivity index (χ3n) is 3.00. The second-order valence-electron chi connectivity index (χ2n) is 4.47. The second-order valence-corrected chi connectivity index (χ2v) is 6.73. The molecular formula is C11H23NO4S. The molecule has 0 aromatic carbocycles. The minimum Gasteiger partial charge on any atom is -0.377 e.